The van der Waals surface area contributed by atoms with Crippen LogP contribution in [0, 0.1) is 5.92 Å². The van der Waals surface area contributed by atoms with Gasteiger partial charge in [0.25, 0.3) is 0 Å². The second-order valence-electron chi connectivity index (χ2n) is 7.08. The second-order valence-corrected chi connectivity index (χ2v) is 7.08. The van der Waals surface area contributed by atoms with E-state index in [1.807, 2.05) is 0 Å². The van der Waals surface area contributed by atoms with Crippen molar-refractivity contribution in [3.63, 3.8) is 0 Å². The summed E-state index contributed by atoms with van der Waals surface area (Å²) in [6.45, 7) is 11.2. The summed E-state index contributed by atoms with van der Waals surface area (Å²) in [5.41, 5.74) is 1.39. The number of hydrogen-bond donors (Lipinski definition) is 1. The van der Waals surface area contributed by atoms with Gasteiger partial charge in [-0.3, -0.25) is 4.90 Å². The summed E-state index contributed by atoms with van der Waals surface area (Å²) in [6, 6.07) is 9.76. The normalized spacial score (nSPS) is 29.4. The summed E-state index contributed by atoms with van der Waals surface area (Å²) in [5, 5.41) is 3.70. The molecule has 0 bridgehead atoms. The van der Waals surface area contributed by atoms with E-state index in [0.717, 1.165) is 37.9 Å². The molecule has 1 saturated heterocycles. The van der Waals surface area contributed by atoms with Crippen LogP contribution in [0.25, 0.3) is 0 Å². The summed E-state index contributed by atoms with van der Waals surface area (Å²) in [6.07, 6.45) is 1.26. The van der Waals surface area contributed by atoms with Crippen molar-refractivity contribution in [2.24, 2.45) is 5.92 Å². The molecular weight excluding hydrogens is 260 g/mol. The average Bonchev–Trinajstić information content (AvgIpc) is 2.85. The Bertz CT molecular complexity index is 474. The van der Waals surface area contributed by atoms with Crippen molar-refractivity contribution in [3.8, 4) is 5.75 Å². The molecule has 2 aliphatic heterocycles. The van der Waals surface area contributed by atoms with Crippen LogP contribution in [-0.4, -0.2) is 43.2 Å². The van der Waals surface area contributed by atoms with Gasteiger partial charge in [0.15, 0.2) is 0 Å². The molecule has 0 aliphatic carbocycles. The molecule has 0 radical (unpaired) electrons. The highest BCUT2D eigenvalue weighted by atomic mass is 16.5. The van der Waals surface area contributed by atoms with Crippen LogP contribution in [0.3, 0.4) is 0 Å². The van der Waals surface area contributed by atoms with Crippen molar-refractivity contribution in [1.29, 1.82) is 0 Å². The summed E-state index contributed by atoms with van der Waals surface area (Å²) < 4.78 is 5.84. The minimum absolute atomic E-state index is 0.529. The van der Waals surface area contributed by atoms with Crippen LogP contribution in [0.2, 0.25) is 0 Å². The lowest BCUT2D eigenvalue weighted by Crippen LogP contribution is -2.56. The molecule has 2 heterocycles. The lowest BCUT2D eigenvalue weighted by molar-refractivity contribution is 0.120. The van der Waals surface area contributed by atoms with Crippen LogP contribution in [0.1, 0.15) is 38.7 Å². The van der Waals surface area contributed by atoms with E-state index >= 15 is 0 Å². The zero-order valence-electron chi connectivity index (χ0n) is 13.5. The van der Waals surface area contributed by atoms with Crippen molar-refractivity contribution in [1.82, 2.24) is 10.2 Å². The number of ether oxygens (including phenoxy) is 1. The topological polar surface area (TPSA) is 24.5 Å². The maximum atomic E-state index is 5.84. The van der Waals surface area contributed by atoms with E-state index in [1.54, 1.807) is 0 Å². The molecule has 3 heteroatoms. The Balaban J connectivity index is 1.64. The third-order valence-corrected chi connectivity index (χ3v) is 4.79. The van der Waals surface area contributed by atoms with Gasteiger partial charge >= 0.3 is 0 Å². The minimum atomic E-state index is 0.529. The van der Waals surface area contributed by atoms with E-state index < -0.39 is 0 Å². The van der Waals surface area contributed by atoms with Gasteiger partial charge < -0.3 is 10.1 Å². The Labute approximate surface area is 128 Å². The highest BCUT2D eigenvalue weighted by Gasteiger charge is 2.31. The molecule has 0 aromatic heterocycles. The highest BCUT2D eigenvalue weighted by molar-refractivity contribution is 5.39. The predicted octanol–water partition coefficient (Wildman–Crippen LogP) is 2.87. The van der Waals surface area contributed by atoms with E-state index in [-0.39, 0.29) is 0 Å². The third-order valence-electron chi connectivity index (χ3n) is 4.79. The first-order chi connectivity index (χ1) is 10.1. The number of nitrogens with zero attached hydrogens (tertiary/aromatic N) is 1. The Morgan fingerprint density at radius 3 is 2.95 bits per heavy atom. The van der Waals surface area contributed by atoms with Gasteiger partial charge in [-0.1, -0.05) is 32.0 Å². The van der Waals surface area contributed by atoms with E-state index in [4.69, 9.17) is 4.74 Å². The van der Waals surface area contributed by atoms with Gasteiger partial charge in [-0.25, -0.2) is 0 Å². The molecule has 1 aromatic rings. The zero-order valence-corrected chi connectivity index (χ0v) is 13.5. The van der Waals surface area contributed by atoms with Gasteiger partial charge in [-0.2, -0.15) is 0 Å². The lowest BCUT2D eigenvalue weighted by Gasteiger charge is -2.40. The van der Waals surface area contributed by atoms with Gasteiger partial charge in [0.2, 0.25) is 0 Å². The van der Waals surface area contributed by atoms with Crippen LogP contribution < -0.4 is 10.1 Å². The molecule has 0 amide bonds. The molecule has 1 N–H and O–H groups in total. The molecule has 3 rings (SSSR count). The number of benzene rings is 1. The van der Waals surface area contributed by atoms with Crippen molar-refractivity contribution in [2.45, 2.75) is 45.2 Å². The van der Waals surface area contributed by atoms with Crippen molar-refractivity contribution in [2.75, 3.05) is 26.2 Å². The smallest absolute Gasteiger partial charge is 0.122 e. The Hall–Kier alpha value is -1.06. The lowest BCUT2D eigenvalue weighted by atomic mass is 9.96. The average molecular weight is 288 g/mol. The molecule has 0 saturated carbocycles. The standard InChI is InChI=1S/C18H28N2O/c1-13(2)8-16-11-20(14(3)9-19-16)10-15-12-21-18-7-5-4-6-17(15)18/h4-7,13-16,19H,8-12H2,1-3H3. The molecular formula is C18H28N2O. The molecule has 1 fully saturated rings. The van der Waals surface area contributed by atoms with Crippen LogP contribution in [-0.2, 0) is 0 Å². The zero-order chi connectivity index (χ0) is 14.8. The first-order valence-corrected chi connectivity index (χ1v) is 8.32. The Morgan fingerprint density at radius 2 is 2.14 bits per heavy atom. The van der Waals surface area contributed by atoms with Crippen molar-refractivity contribution < 1.29 is 4.74 Å². The minimum Gasteiger partial charge on any atom is -0.493 e. The SMILES string of the molecule is CC(C)CC1CN(CC2COc3ccccc32)C(C)CN1. The molecule has 1 aromatic carbocycles. The maximum Gasteiger partial charge on any atom is 0.122 e. The highest BCUT2D eigenvalue weighted by Crippen LogP contribution is 2.34. The predicted molar refractivity (Wildman–Crippen MR) is 87.0 cm³/mol. The summed E-state index contributed by atoms with van der Waals surface area (Å²) >= 11 is 0. The van der Waals surface area contributed by atoms with Crippen molar-refractivity contribution >= 4 is 0 Å². The van der Waals surface area contributed by atoms with Gasteiger partial charge in [0.05, 0.1) is 6.61 Å². The second kappa shape index (κ2) is 6.37. The Kier molecular flexibility index (Phi) is 4.51. The fourth-order valence-corrected chi connectivity index (χ4v) is 3.64. The van der Waals surface area contributed by atoms with E-state index in [1.165, 1.54) is 12.0 Å². The summed E-state index contributed by atoms with van der Waals surface area (Å²) in [4.78, 5) is 2.65. The first-order valence-electron chi connectivity index (χ1n) is 8.32. The van der Waals surface area contributed by atoms with Crippen molar-refractivity contribution in [3.05, 3.63) is 29.8 Å². The first kappa shape index (κ1) is 14.9. The molecule has 21 heavy (non-hydrogen) atoms. The largest absolute Gasteiger partial charge is 0.493 e. The Morgan fingerprint density at radius 1 is 1.33 bits per heavy atom. The molecule has 3 atom stereocenters. The van der Waals surface area contributed by atoms with Gasteiger partial charge in [-0.05, 0) is 25.3 Å². The quantitative estimate of drug-likeness (QED) is 0.922. The van der Waals surface area contributed by atoms with Gasteiger partial charge in [-0.15, -0.1) is 0 Å². The molecule has 3 unspecified atom stereocenters. The van der Waals surface area contributed by atoms with E-state index in [9.17, 15) is 0 Å². The number of para-hydroxylation sites is 1. The summed E-state index contributed by atoms with van der Waals surface area (Å²) in [5.74, 6) is 2.37. The fraction of sp³-hybridized carbons (Fsp3) is 0.667. The monoisotopic (exact) mass is 288 g/mol. The fourth-order valence-electron chi connectivity index (χ4n) is 3.64. The maximum absolute atomic E-state index is 5.84. The molecule has 0 spiro atoms. The van der Waals surface area contributed by atoms with Crippen LogP contribution in [0.4, 0.5) is 0 Å². The van der Waals surface area contributed by atoms with Gasteiger partial charge in [0, 0.05) is 43.2 Å². The molecule has 116 valence electrons. The van der Waals surface area contributed by atoms with Crippen LogP contribution >= 0.6 is 0 Å². The number of fused-ring (bicyclic) bond motifs is 1. The van der Waals surface area contributed by atoms with Crippen LogP contribution in [0.5, 0.6) is 5.75 Å². The number of hydrogen-bond acceptors (Lipinski definition) is 3. The number of piperazine rings is 1. The number of nitrogens with one attached hydrogen (secondary N) is 1. The van der Waals surface area contributed by atoms with E-state index in [2.05, 4.69) is 55.3 Å². The number of rotatable bonds is 4. The van der Waals surface area contributed by atoms with E-state index in [0.29, 0.717) is 18.0 Å². The summed E-state index contributed by atoms with van der Waals surface area (Å²) in [7, 11) is 0. The molecule has 3 nitrogen and oxygen atoms in total. The van der Waals surface area contributed by atoms with Crippen LogP contribution in [0.15, 0.2) is 24.3 Å². The molecule has 2 aliphatic rings. The third kappa shape index (κ3) is 3.41. The van der Waals surface area contributed by atoms with Gasteiger partial charge in [0.1, 0.15) is 5.75 Å².